The topological polar surface area (TPSA) is 17.1 Å². The highest BCUT2D eigenvalue weighted by molar-refractivity contribution is 9.10. The first-order valence-corrected chi connectivity index (χ1v) is 4.97. The number of Topliss-reactive ketones (excluding diaryl/α,β-unsaturated/α-hetero) is 1. The molecular weight excluding hydrogens is 296 g/mol. The first-order chi connectivity index (χ1) is 6.73. The van der Waals surface area contributed by atoms with E-state index in [4.69, 9.17) is 11.6 Å². The Balaban J connectivity index is 3.55. The Labute approximate surface area is 97.4 Å². The number of hydrogen-bond donors (Lipinski definition) is 0. The number of halogens is 5. The predicted octanol–water partition coefficient (Wildman–Crippen LogP) is 4.32. The Kier molecular flexibility index (Phi) is 3.45. The van der Waals surface area contributed by atoms with E-state index in [0.29, 0.717) is 0 Å². The van der Waals surface area contributed by atoms with Crippen LogP contribution in [0.25, 0.3) is 0 Å². The Hall–Kier alpha value is -0.550. The van der Waals surface area contributed by atoms with Gasteiger partial charge in [-0.3, -0.25) is 4.79 Å². The number of ketones is 1. The van der Waals surface area contributed by atoms with Crippen molar-refractivity contribution in [3.8, 4) is 0 Å². The normalized spacial score (nSPS) is 11.6. The molecule has 0 aromatic heterocycles. The molecule has 0 spiro atoms. The molecule has 0 saturated carbocycles. The van der Waals surface area contributed by atoms with Crippen LogP contribution in [0, 0.1) is 0 Å². The summed E-state index contributed by atoms with van der Waals surface area (Å²) in [5.74, 6) is -0.675. The zero-order valence-electron chi connectivity index (χ0n) is 7.45. The van der Waals surface area contributed by atoms with Crippen molar-refractivity contribution in [1.29, 1.82) is 0 Å². The maximum atomic E-state index is 12.6. The predicted molar refractivity (Wildman–Crippen MR) is 54.2 cm³/mol. The lowest BCUT2D eigenvalue weighted by Gasteiger charge is -2.13. The summed E-state index contributed by atoms with van der Waals surface area (Å²) in [5, 5.41) is 0.0834. The lowest BCUT2D eigenvalue weighted by atomic mass is 10.0. The van der Waals surface area contributed by atoms with Gasteiger partial charge in [0.2, 0.25) is 0 Å². The van der Waals surface area contributed by atoms with Gasteiger partial charge in [-0.25, -0.2) is 0 Å². The molecule has 0 N–H and O–H groups in total. The fraction of sp³-hybridized carbons (Fsp3) is 0.222. The molecule has 0 heterocycles. The van der Waals surface area contributed by atoms with Gasteiger partial charge in [-0.05, 0) is 19.1 Å². The summed E-state index contributed by atoms with van der Waals surface area (Å²) in [7, 11) is 0. The lowest BCUT2D eigenvalue weighted by Crippen LogP contribution is -2.12. The van der Waals surface area contributed by atoms with Crippen molar-refractivity contribution in [3.05, 3.63) is 32.8 Å². The number of carbonyl (C=O) groups is 1. The average molecular weight is 301 g/mol. The van der Waals surface area contributed by atoms with E-state index >= 15 is 0 Å². The first kappa shape index (κ1) is 12.5. The molecule has 0 saturated heterocycles. The number of hydrogen-bond acceptors (Lipinski definition) is 1. The maximum Gasteiger partial charge on any atom is 0.418 e. The molecule has 6 heteroatoms. The van der Waals surface area contributed by atoms with Crippen molar-refractivity contribution in [3.63, 3.8) is 0 Å². The highest BCUT2D eigenvalue weighted by Gasteiger charge is 2.37. The van der Waals surface area contributed by atoms with Crippen molar-refractivity contribution in [2.45, 2.75) is 13.1 Å². The number of carbonyl (C=O) groups excluding carboxylic acids is 1. The van der Waals surface area contributed by atoms with Gasteiger partial charge in [0.1, 0.15) is 0 Å². The fourth-order valence-corrected chi connectivity index (χ4v) is 2.17. The van der Waals surface area contributed by atoms with Gasteiger partial charge in [-0.1, -0.05) is 27.5 Å². The molecule has 0 atom stereocenters. The van der Waals surface area contributed by atoms with Gasteiger partial charge in [0.25, 0.3) is 0 Å². The van der Waals surface area contributed by atoms with Crippen LogP contribution in [-0.2, 0) is 6.18 Å². The van der Waals surface area contributed by atoms with Crippen LogP contribution < -0.4 is 0 Å². The fourth-order valence-electron chi connectivity index (χ4n) is 1.14. The zero-order valence-corrected chi connectivity index (χ0v) is 9.79. The molecule has 82 valence electrons. The summed E-state index contributed by atoms with van der Waals surface area (Å²) in [4.78, 5) is 11.0. The van der Waals surface area contributed by atoms with Crippen molar-refractivity contribution in [2.75, 3.05) is 0 Å². The smallest absolute Gasteiger partial charge is 0.294 e. The molecule has 15 heavy (non-hydrogen) atoms. The van der Waals surface area contributed by atoms with Crippen molar-refractivity contribution in [2.24, 2.45) is 0 Å². The standard InChI is InChI=1S/C9H5BrClF3O/c1-4(15)6-2-5(11)3-7(10)8(6)9(12,13)14/h2-3H,1H3. The zero-order chi connectivity index (χ0) is 11.8. The van der Waals surface area contributed by atoms with E-state index in [1.54, 1.807) is 0 Å². The lowest BCUT2D eigenvalue weighted by molar-refractivity contribution is -0.138. The van der Waals surface area contributed by atoms with Gasteiger partial charge in [0, 0.05) is 15.1 Å². The summed E-state index contributed by atoms with van der Waals surface area (Å²) < 4.78 is 37.5. The van der Waals surface area contributed by atoms with Crippen LogP contribution in [0.2, 0.25) is 5.02 Å². The van der Waals surface area contributed by atoms with Gasteiger partial charge >= 0.3 is 6.18 Å². The highest BCUT2D eigenvalue weighted by Crippen LogP contribution is 2.39. The molecular formula is C9H5BrClF3O. The van der Waals surface area contributed by atoms with Crippen LogP contribution in [0.3, 0.4) is 0 Å². The molecule has 0 fully saturated rings. The van der Waals surface area contributed by atoms with Gasteiger partial charge in [0.05, 0.1) is 5.56 Å². The summed E-state index contributed by atoms with van der Waals surface area (Å²) in [6.07, 6.45) is -4.58. The van der Waals surface area contributed by atoms with Gasteiger partial charge in [-0.2, -0.15) is 13.2 Å². The summed E-state index contributed by atoms with van der Waals surface area (Å²) in [6.45, 7) is 1.06. The van der Waals surface area contributed by atoms with Crippen molar-refractivity contribution >= 4 is 33.3 Å². The van der Waals surface area contributed by atoms with E-state index in [-0.39, 0.29) is 9.50 Å². The van der Waals surface area contributed by atoms with E-state index < -0.39 is 23.1 Å². The molecule has 0 unspecified atom stereocenters. The summed E-state index contributed by atoms with van der Waals surface area (Å²) in [5.41, 5.74) is -1.42. The minimum Gasteiger partial charge on any atom is -0.294 e. The Bertz CT molecular complexity index is 415. The summed E-state index contributed by atoms with van der Waals surface area (Å²) in [6, 6.07) is 2.12. The third kappa shape index (κ3) is 2.72. The molecule has 1 nitrogen and oxygen atoms in total. The SMILES string of the molecule is CC(=O)c1cc(Cl)cc(Br)c1C(F)(F)F. The molecule has 0 aliphatic rings. The van der Waals surface area contributed by atoms with E-state index in [1.807, 2.05) is 0 Å². The van der Waals surface area contributed by atoms with Crippen molar-refractivity contribution in [1.82, 2.24) is 0 Å². The largest absolute Gasteiger partial charge is 0.418 e. The molecule has 0 amide bonds. The molecule has 0 aliphatic carbocycles. The number of alkyl halides is 3. The third-order valence-electron chi connectivity index (χ3n) is 1.72. The third-order valence-corrected chi connectivity index (χ3v) is 2.56. The maximum absolute atomic E-state index is 12.6. The molecule has 1 aromatic rings. The Morgan fingerprint density at radius 2 is 1.93 bits per heavy atom. The Morgan fingerprint density at radius 1 is 1.40 bits per heavy atom. The molecule has 0 radical (unpaired) electrons. The van der Waals surface area contributed by atoms with Crippen LogP contribution >= 0.6 is 27.5 Å². The van der Waals surface area contributed by atoms with E-state index in [1.165, 1.54) is 0 Å². The minimum absolute atomic E-state index is 0.0834. The van der Waals surface area contributed by atoms with E-state index in [0.717, 1.165) is 19.1 Å². The van der Waals surface area contributed by atoms with Crippen molar-refractivity contribution < 1.29 is 18.0 Å². The molecule has 1 rings (SSSR count). The second kappa shape index (κ2) is 4.14. The van der Waals surface area contributed by atoms with Crippen LogP contribution in [0.15, 0.2) is 16.6 Å². The minimum atomic E-state index is -4.58. The van der Waals surface area contributed by atoms with Crippen LogP contribution in [0.5, 0.6) is 0 Å². The van der Waals surface area contributed by atoms with Crippen LogP contribution in [0.4, 0.5) is 13.2 Å². The van der Waals surface area contributed by atoms with Gasteiger partial charge in [-0.15, -0.1) is 0 Å². The second-order valence-corrected chi connectivity index (χ2v) is 4.15. The quantitative estimate of drug-likeness (QED) is 0.706. The monoisotopic (exact) mass is 300 g/mol. The van der Waals surface area contributed by atoms with Gasteiger partial charge in [0.15, 0.2) is 5.78 Å². The Morgan fingerprint density at radius 3 is 2.33 bits per heavy atom. The summed E-state index contributed by atoms with van der Waals surface area (Å²) >= 11 is 8.31. The van der Waals surface area contributed by atoms with Crippen LogP contribution in [-0.4, -0.2) is 5.78 Å². The van der Waals surface area contributed by atoms with Gasteiger partial charge < -0.3 is 0 Å². The second-order valence-electron chi connectivity index (χ2n) is 2.86. The molecule has 1 aromatic carbocycles. The van der Waals surface area contributed by atoms with E-state index in [9.17, 15) is 18.0 Å². The number of benzene rings is 1. The van der Waals surface area contributed by atoms with E-state index in [2.05, 4.69) is 15.9 Å². The highest BCUT2D eigenvalue weighted by atomic mass is 79.9. The first-order valence-electron chi connectivity index (χ1n) is 3.80. The van der Waals surface area contributed by atoms with Crippen LogP contribution in [0.1, 0.15) is 22.8 Å². The number of rotatable bonds is 1. The average Bonchev–Trinajstić information content (AvgIpc) is 1.99. The molecule has 0 aliphatic heterocycles. The molecule has 0 bridgehead atoms.